The molecule has 0 aliphatic heterocycles. The molecule has 0 fully saturated rings. The van der Waals surface area contributed by atoms with Crippen molar-refractivity contribution in [1.29, 1.82) is 5.26 Å². The fourth-order valence-corrected chi connectivity index (χ4v) is 2.57. The van der Waals surface area contributed by atoms with E-state index in [1.165, 1.54) is 0 Å². The van der Waals surface area contributed by atoms with Crippen molar-refractivity contribution in [3.8, 4) is 6.07 Å². The van der Waals surface area contributed by atoms with Gasteiger partial charge in [-0.2, -0.15) is 5.26 Å². The van der Waals surface area contributed by atoms with Gasteiger partial charge in [-0.1, -0.05) is 23.2 Å². The average molecular weight is 398 g/mol. The largest absolute Gasteiger partial charge is 0.324 e. The van der Waals surface area contributed by atoms with E-state index in [2.05, 4.69) is 26.7 Å². The lowest BCUT2D eigenvalue weighted by atomic mass is 10.2. The molecular weight excluding hydrogens is 385 g/mol. The third kappa shape index (κ3) is 4.73. The summed E-state index contributed by atoms with van der Waals surface area (Å²) in [4.78, 5) is 21.0. The number of hydrogen-bond acceptors (Lipinski definition) is 5. The summed E-state index contributed by atoms with van der Waals surface area (Å²) in [6.07, 6.45) is 0. The Balaban J connectivity index is 1.80. The summed E-state index contributed by atoms with van der Waals surface area (Å²) in [6.45, 7) is 1.77. The predicted molar refractivity (Wildman–Crippen MR) is 106 cm³/mol. The van der Waals surface area contributed by atoms with Gasteiger partial charge in [0.1, 0.15) is 5.69 Å². The molecule has 0 aliphatic carbocycles. The average Bonchev–Trinajstić information content (AvgIpc) is 2.65. The van der Waals surface area contributed by atoms with E-state index in [0.717, 1.165) is 0 Å². The van der Waals surface area contributed by atoms with Crippen LogP contribution in [0, 0.1) is 18.3 Å². The first-order chi connectivity index (χ1) is 12.9. The van der Waals surface area contributed by atoms with Crippen LogP contribution in [0.25, 0.3) is 0 Å². The van der Waals surface area contributed by atoms with Crippen LogP contribution in [0.5, 0.6) is 0 Å². The fraction of sp³-hybridized carbons (Fsp3) is 0.0526. The molecule has 1 amide bonds. The van der Waals surface area contributed by atoms with Crippen LogP contribution >= 0.6 is 23.2 Å². The van der Waals surface area contributed by atoms with Crippen LogP contribution in [0.15, 0.2) is 48.5 Å². The Morgan fingerprint density at radius 2 is 1.70 bits per heavy atom. The molecule has 0 atom stereocenters. The first-order valence-electron chi connectivity index (χ1n) is 7.84. The van der Waals surface area contributed by atoms with Crippen molar-refractivity contribution >= 4 is 46.4 Å². The number of rotatable bonds is 4. The van der Waals surface area contributed by atoms with Gasteiger partial charge in [0.25, 0.3) is 5.91 Å². The van der Waals surface area contributed by atoms with Gasteiger partial charge in [-0.3, -0.25) is 4.79 Å². The molecule has 1 aromatic heterocycles. The summed E-state index contributed by atoms with van der Waals surface area (Å²) in [5.41, 5.74) is 2.58. The molecule has 0 radical (unpaired) electrons. The Kier molecular flexibility index (Phi) is 5.55. The number of benzene rings is 2. The minimum atomic E-state index is -0.401. The molecule has 2 aromatic carbocycles. The van der Waals surface area contributed by atoms with Gasteiger partial charge in [0.2, 0.25) is 5.95 Å². The van der Waals surface area contributed by atoms with Crippen LogP contribution in [0.2, 0.25) is 10.0 Å². The number of aryl methyl sites for hydroxylation is 1. The standard InChI is InChI=1S/C19H13Cl2N5O/c1-11-8-17(18(27)24-14-6-7-15(20)16(21)9-14)26-19(23-11)25-13-4-2-12(10-22)3-5-13/h2-9H,1H3,(H,24,27)(H,23,25,26). The summed E-state index contributed by atoms with van der Waals surface area (Å²) in [7, 11) is 0. The second-order valence-corrected chi connectivity index (χ2v) is 6.43. The normalized spacial score (nSPS) is 10.1. The summed E-state index contributed by atoms with van der Waals surface area (Å²) in [5, 5.41) is 15.3. The number of aromatic nitrogens is 2. The van der Waals surface area contributed by atoms with Gasteiger partial charge in [0.15, 0.2) is 0 Å². The van der Waals surface area contributed by atoms with Crippen LogP contribution in [-0.2, 0) is 0 Å². The Bertz CT molecular complexity index is 1040. The SMILES string of the molecule is Cc1cc(C(=O)Nc2ccc(Cl)c(Cl)c2)nc(Nc2ccc(C#N)cc2)n1. The van der Waals surface area contributed by atoms with Crippen molar-refractivity contribution in [2.45, 2.75) is 6.92 Å². The molecule has 1 heterocycles. The molecule has 27 heavy (non-hydrogen) atoms. The molecule has 0 unspecified atom stereocenters. The zero-order valence-electron chi connectivity index (χ0n) is 14.1. The lowest BCUT2D eigenvalue weighted by molar-refractivity contribution is 0.102. The highest BCUT2D eigenvalue weighted by atomic mass is 35.5. The van der Waals surface area contributed by atoms with Gasteiger partial charge in [0.05, 0.1) is 21.7 Å². The van der Waals surface area contributed by atoms with Gasteiger partial charge in [-0.15, -0.1) is 0 Å². The first kappa shape index (κ1) is 18.6. The van der Waals surface area contributed by atoms with Crippen molar-refractivity contribution in [2.24, 2.45) is 0 Å². The number of amides is 1. The van der Waals surface area contributed by atoms with E-state index < -0.39 is 5.91 Å². The molecule has 0 saturated carbocycles. The van der Waals surface area contributed by atoms with Gasteiger partial charge in [-0.25, -0.2) is 9.97 Å². The van der Waals surface area contributed by atoms with Crippen molar-refractivity contribution in [1.82, 2.24) is 9.97 Å². The van der Waals surface area contributed by atoms with Crippen LogP contribution in [0.1, 0.15) is 21.7 Å². The molecule has 134 valence electrons. The van der Waals surface area contributed by atoms with Crippen LogP contribution < -0.4 is 10.6 Å². The maximum absolute atomic E-state index is 12.5. The summed E-state index contributed by atoms with van der Waals surface area (Å²) in [5.74, 6) is -0.124. The molecular formula is C19H13Cl2N5O. The minimum absolute atomic E-state index is 0.199. The Morgan fingerprint density at radius 1 is 1.00 bits per heavy atom. The molecule has 0 aliphatic rings. The van der Waals surface area contributed by atoms with E-state index in [9.17, 15) is 4.79 Å². The second-order valence-electron chi connectivity index (χ2n) is 5.62. The highest BCUT2D eigenvalue weighted by molar-refractivity contribution is 6.42. The molecule has 0 spiro atoms. The van der Waals surface area contributed by atoms with Crippen LogP contribution in [0.4, 0.5) is 17.3 Å². The number of nitrogens with zero attached hydrogens (tertiary/aromatic N) is 3. The lowest BCUT2D eigenvalue weighted by Crippen LogP contribution is -2.15. The molecule has 0 saturated heterocycles. The Hall–Kier alpha value is -3.14. The molecule has 6 nitrogen and oxygen atoms in total. The highest BCUT2D eigenvalue weighted by Crippen LogP contribution is 2.25. The van der Waals surface area contributed by atoms with Gasteiger partial charge in [-0.05, 0) is 55.5 Å². The number of nitriles is 1. The smallest absolute Gasteiger partial charge is 0.274 e. The number of carbonyl (C=O) groups excluding carboxylic acids is 1. The number of hydrogen-bond donors (Lipinski definition) is 2. The van der Waals surface area contributed by atoms with Crippen molar-refractivity contribution in [3.05, 3.63) is 75.5 Å². The van der Waals surface area contributed by atoms with E-state index >= 15 is 0 Å². The summed E-state index contributed by atoms with van der Waals surface area (Å²) in [6, 6.07) is 15.3. The van der Waals surface area contributed by atoms with Crippen LogP contribution in [0.3, 0.4) is 0 Å². The number of carbonyl (C=O) groups is 1. The topological polar surface area (TPSA) is 90.7 Å². The van der Waals surface area contributed by atoms with Crippen molar-refractivity contribution in [2.75, 3.05) is 10.6 Å². The summed E-state index contributed by atoms with van der Waals surface area (Å²) >= 11 is 11.8. The van der Waals surface area contributed by atoms with Gasteiger partial charge >= 0.3 is 0 Å². The predicted octanol–water partition coefficient (Wildman–Crippen LogP) is 4.96. The van der Waals surface area contributed by atoms with E-state index in [1.54, 1.807) is 55.5 Å². The van der Waals surface area contributed by atoms with E-state index in [-0.39, 0.29) is 11.6 Å². The number of halogens is 2. The van der Waals surface area contributed by atoms with E-state index in [0.29, 0.717) is 32.7 Å². The molecule has 0 bridgehead atoms. The first-order valence-corrected chi connectivity index (χ1v) is 8.59. The third-order valence-electron chi connectivity index (χ3n) is 3.53. The van der Waals surface area contributed by atoms with Crippen molar-refractivity contribution in [3.63, 3.8) is 0 Å². The molecule has 3 rings (SSSR count). The Labute approximate surface area is 165 Å². The quantitative estimate of drug-likeness (QED) is 0.648. The Morgan fingerprint density at radius 3 is 2.37 bits per heavy atom. The number of nitrogens with one attached hydrogen (secondary N) is 2. The van der Waals surface area contributed by atoms with Crippen LogP contribution in [-0.4, -0.2) is 15.9 Å². The monoisotopic (exact) mass is 397 g/mol. The second kappa shape index (κ2) is 8.04. The van der Waals surface area contributed by atoms with E-state index in [4.69, 9.17) is 28.5 Å². The number of anilines is 3. The molecule has 2 N–H and O–H groups in total. The minimum Gasteiger partial charge on any atom is -0.324 e. The van der Waals surface area contributed by atoms with Gasteiger partial charge < -0.3 is 10.6 Å². The maximum atomic E-state index is 12.5. The zero-order valence-corrected chi connectivity index (χ0v) is 15.6. The van der Waals surface area contributed by atoms with Gasteiger partial charge in [0, 0.05) is 17.1 Å². The zero-order chi connectivity index (χ0) is 19.4. The molecule has 3 aromatic rings. The van der Waals surface area contributed by atoms with E-state index in [1.807, 2.05) is 0 Å². The third-order valence-corrected chi connectivity index (χ3v) is 4.27. The highest BCUT2D eigenvalue weighted by Gasteiger charge is 2.12. The summed E-state index contributed by atoms with van der Waals surface area (Å²) < 4.78 is 0. The maximum Gasteiger partial charge on any atom is 0.274 e. The lowest BCUT2D eigenvalue weighted by Gasteiger charge is -2.09. The molecule has 8 heteroatoms. The fourth-order valence-electron chi connectivity index (χ4n) is 2.27. The van der Waals surface area contributed by atoms with Crippen molar-refractivity contribution < 1.29 is 4.79 Å².